The molecule has 0 saturated carbocycles. The Balaban J connectivity index is 2.23. The molecule has 0 N–H and O–H groups in total. The summed E-state index contributed by atoms with van der Waals surface area (Å²) in [5, 5.41) is 0. The molecule has 0 unspecified atom stereocenters. The van der Waals surface area contributed by atoms with Gasteiger partial charge in [0.1, 0.15) is 11.6 Å². The first-order chi connectivity index (χ1) is 7.72. The van der Waals surface area contributed by atoms with Gasteiger partial charge in [-0.1, -0.05) is 6.92 Å². The van der Waals surface area contributed by atoms with Gasteiger partial charge in [-0.15, -0.1) is 0 Å². The van der Waals surface area contributed by atoms with Crippen LogP contribution < -0.4 is 0 Å². The molecule has 2 rings (SSSR count). The van der Waals surface area contributed by atoms with Crippen LogP contribution >= 0.6 is 0 Å². The number of imidazole rings is 2. The lowest BCUT2D eigenvalue weighted by atomic mass is 10.4. The standard InChI is InChI=1S/C10H12F2N4/c1-2-8-13-3-5-15(8)7-9-14-4-6-16(9)10(11)12/h3-6,10H,2,7H2,1H3. The van der Waals surface area contributed by atoms with E-state index in [1.165, 1.54) is 12.4 Å². The van der Waals surface area contributed by atoms with E-state index in [0.29, 0.717) is 12.4 Å². The van der Waals surface area contributed by atoms with E-state index in [1.54, 1.807) is 12.4 Å². The summed E-state index contributed by atoms with van der Waals surface area (Å²) < 4.78 is 27.8. The fourth-order valence-corrected chi connectivity index (χ4v) is 1.59. The van der Waals surface area contributed by atoms with Crippen LogP contribution in [0.15, 0.2) is 24.8 Å². The molecular formula is C10H12F2N4. The molecule has 16 heavy (non-hydrogen) atoms. The molecule has 0 spiro atoms. The molecule has 0 aromatic carbocycles. The highest BCUT2D eigenvalue weighted by molar-refractivity contribution is 4.99. The summed E-state index contributed by atoms with van der Waals surface area (Å²) in [6.07, 6.45) is 6.85. The summed E-state index contributed by atoms with van der Waals surface area (Å²) in [5.74, 6) is 1.20. The van der Waals surface area contributed by atoms with Crippen molar-refractivity contribution in [3.8, 4) is 0 Å². The molecule has 0 aliphatic heterocycles. The fraction of sp³-hybridized carbons (Fsp3) is 0.400. The van der Waals surface area contributed by atoms with Crippen LogP contribution in [0.1, 0.15) is 25.1 Å². The molecule has 4 nitrogen and oxygen atoms in total. The van der Waals surface area contributed by atoms with Gasteiger partial charge in [-0.2, -0.15) is 8.78 Å². The second-order valence-electron chi connectivity index (χ2n) is 3.35. The maximum absolute atomic E-state index is 12.6. The van der Waals surface area contributed by atoms with Gasteiger partial charge in [0.15, 0.2) is 0 Å². The van der Waals surface area contributed by atoms with E-state index in [9.17, 15) is 8.78 Å². The van der Waals surface area contributed by atoms with Crippen molar-refractivity contribution >= 4 is 0 Å². The monoisotopic (exact) mass is 226 g/mol. The van der Waals surface area contributed by atoms with Gasteiger partial charge in [0.25, 0.3) is 0 Å². The molecule has 0 saturated heterocycles. The fourth-order valence-electron chi connectivity index (χ4n) is 1.59. The van der Waals surface area contributed by atoms with Gasteiger partial charge in [0, 0.05) is 31.2 Å². The molecule has 86 valence electrons. The number of hydrogen-bond donors (Lipinski definition) is 0. The van der Waals surface area contributed by atoms with Gasteiger partial charge < -0.3 is 4.57 Å². The summed E-state index contributed by atoms with van der Waals surface area (Å²) >= 11 is 0. The second-order valence-corrected chi connectivity index (χ2v) is 3.35. The van der Waals surface area contributed by atoms with E-state index in [4.69, 9.17) is 0 Å². The molecule has 6 heteroatoms. The van der Waals surface area contributed by atoms with Crippen LogP contribution in [0.25, 0.3) is 0 Å². The molecule has 2 aromatic rings. The lowest BCUT2D eigenvalue weighted by molar-refractivity contribution is 0.0667. The van der Waals surface area contributed by atoms with Gasteiger partial charge in [-0.25, -0.2) is 9.97 Å². The Morgan fingerprint density at radius 2 is 1.88 bits per heavy atom. The summed E-state index contributed by atoms with van der Waals surface area (Å²) in [6, 6.07) is 0. The van der Waals surface area contributed by atoms with Gasteiger partial charge >= 0.3 is 6.55 Å². The van der Waals surface area contributed by atoms with Crippen molar-refractivity contribution in [1.29, 1.82) is 0 Å². The first kappa shape index (κ1) is 10.8. The highest BCUT2D eigenvalue weighted by Crippen LogP contribution is 2.13. The maximum atomic E-state index is 12.6. The van der Waals surface area contributed by atoms with Crippen LogP contribution in [-0.4, -0.2) is 19.1 Å². The molecule has 0 radical (unpaired) electrons. The Hall–Kier alpha value is -1.72. The number of aryl methyl sites for hydroxylation is 1. The van der Waals surface area contributed by atoms with Crippen LogP contribution in [0.5, 0.6) is 0 Å². The predicted molar refractivity (Wildman–Crippen MR) is 54.2 cm³/mol. The molecule has 0 bridgehead atoms. The molecule has 2 heterocycles. The van der Waals surface area contributed by atoms with Crippen molar-refractivity contribution in [3.63, 3.8) is 0 Å². The number of aromatic nitrogens is 4. The van der Waals surface area contributed by atoms with Crippen LogP contribution in [0.2, 0.25) is 0 Å². The van der Waals surface area contributed by atoms with Crippen molar-refractivity contribution < 1.29 is 8.78 Å². The number of nitrogens with zero attached hydrogens (tertiary/aromatic N) is 4. The number of rotatable bonds is 4. The molecule has 0 aliphatic carbocycles. The first-order valence-electron chi connectivity index (χ1n) is 5.02. The first-order valence-corrected chi connectivity index (χ1v) is 5.02. The molecular weight excluding hydrogens is 214 g/mol. The SMILES string of the molecule is CCc1nccn1Cc1nccn1C(F)F. The quantitative estimate of drug-likeness (QED) is 0.800. The Bertz CT molecular complexity index is 461. The molecule has 0 fully saturated rings. The molecule has 0 aliphatic rings. The third-order valence-electron chi connectivity index (χ3n) is 2.39. The van der Waals surface area contributed by atoms with E-state index < -0.39 is 6.55 Å². The lowest BCUT2D eigenvalue weighted by Gasteiger charge is -2.08. The Morgan fingerprint density at radius 3 is 2.56 bits per heavy atom. The highest BCUT2D eigenvalue weighted by atomic mass is 19.3. The minimum absolute atomic E-state index is 0.320. The predicted octanol–water partition coefficient (Wildman–Crippen LogP) is 2.09. The van der Waals surface area contributed by atoms with Gasteiger partial charge in [-0.05, 0) is 0 Å². The zero-order valence-corrected chi connectivity index (χ0v) is 8.85. The minimum Gasteiger partial charge on any atom is -0.327 e. The van der Waals surface area contributed by atoms with E-state index >= 15 is 0 Å². The average molecular weight is 226 g/mol. The highest BCUT2D eigenvalue weighted by Gasteiger charge is 2.12. The van der Waals surface area contributed by atoms with Gasteiger partial charge in [-0.3, -0.25) is 4.57 Å². The van der Waals surface area contributed by atoms with Crippen LogP contribution in [0, 0.1) is 0 Å². The molecule has 0 amide bonds. The van der Waals surface area contributed by atoms with Crippen LogP contribution in [-0.2, 0) is 13.0 Å². The normalized spacial score (nSPS) is 11.2. The number of hydrogen-bond acceptors (Lipinski definition) is 2. The average Bonchev–Trinajstić information content (AvgIpc) is 2.86. The van der Waals surface area contributed by atoms with Crippen LogP contribution in [0.4, 0.5) is 8.78 Å². The summed E-state index contributed by atoms with van der Waals surface area (Å²) in [7, 11) is 0. The molecule has 0 atom stereocenters. The third kappa shape index (κ3) is 1.95. The third-order valence-corrected chi connectivity index (χ3v) is 2.39. The smallest absolute Gasteiger partial charge is 0.319 e. The van der Waals surface area contributed by atoms with E-state index in [1.807, 2.05) is 11.5 Å². The van der Waals surface area contributed by atoms with E-state index in [2.05, 4.69) is 9.97 Å². The summed E-state index contributed by atoms with van der Waals surface area (Å²) in [5.41, 5.74) is 0. The van der Waals surface area contributed by atoms with Crippen molar-refractivity contribution in [1.82, 2.24) is 19.1 Å². The van der Waals surface area contributed by atoms with Crippen molar-refractivity contribution in [3.05, 3.63) is 36.4 Å². The Kier molecular flexibility index (Phi) is 2.98. The van der Waals surface area contributed by atoms with Crippen molar-refractivity contribution in [2.24, 2.45) is 0 Å². The van der Waals surface area contributed by atoms with Gasteiger partial charge in [0.2, 0.25) is 0 Å². The topological polar surface area (TPSA) is 35.6 Å². The van der Waals surface area contributed by atoms with Crippen molar-refractivity contribution in [2.75, 3.05) is 0 Å². The number of halogens is 2. The van der Waals surface area contributed by atoms with Gasteiger partial charge in [0.05, 0.1) is 6.54 Å². The largest absolute Gasteiger partial charge is 0.327 e. The van der Waals surface area contributed by atoms with Crippen LogP contribution in [0.3, 0.4) is 0 Å². The van der Waals surface area contributed by atoms with Crippen molar-refractivity contribution in [2.45, 2.75) is 26.4 Å². The molecule has 2 aromatic heterocycles. The maximum Gasteiger partial charge on any atom is 0.319 e. The Labute approximate surface area is 91.6 Å². The summed E-state index contributed by atoms with van der Waals surface area (Å²) in [6.45, 7) is -0.259. The van der Waals surface area contributed by atoms with E-state index in [0.717, 1.165) is 16.8 Å². The zero-order chi connectivity index (χ0) is 11.5. The lowest BCUT2D eigenvalue weighted by Crippen LogP contribution is -2.10. The number of alkyl halides is 2. The minimum atomic E-state index is -2.55. The van der Waals surface area contributed by atoms with E-state index in [-0.39, 0.29) is 0 Å². The Morgan fingerprint density at radius 1 is 1.19 bits per heavy atom. The zero-order valence-electron chi connectivity index (χ0n) is 8.85. The summed E-state index contributed by atoms with van der Waals surface area (Å²) in [4.78, 5) is 8.05. The second kappa shape index (κ2) is 4.42.